The average molecular weight is 192 g/mol. The smallest absolute Gasteiger partial charge is 0.170 e. The molecule has 2 rings (SSSR count). The summed E-state index contributed by atoms with van der Waals surface area (Å²) in [5.74, 6) is 1.02. The molecule has 0 aliphatic carbocycles. The van der Waals surface area contributed by atoms with Gasteiger partial charge in [-0.3, -0.25) is 5.10 Å². The van der Waals surface area contributed by atoms with Gasteiger partial charge in [-0.05, 0) is 0 Å². The van der Waals surface area contributed by atoms with Gasteiger partial charge >= 0.3 is 0 Å². The molecule has 0 amide bonds. The van der Waals surface area contributed by atoms with Crippen LogP contribution in [-0.2, 0) is 0 Å². The summed E-state index contributed by atoms with van der Waals surface area (Å²) in [4.78, 5) is 2.06. The highest BCUT2D eigenvalue weighted by atomic mass is 15.3. The minimum Gasteiger partial charge on any atom is -0.383 e. The van der Waals surface area contributed by atoms with E-state index in [2.05, 4.69) is 26.5 Å². The number of nitrogen functional groups attached to an aromatic ring is 1. The van der Waals surface area contributed by atoms with Gasteiger partial charge in [0.05, 0.1) is 0 Å². The lowest BCUT2D eigenvalue weighted by Crippen LogP contribution is -2.44. The summed E-state index contributed by atoms with van der Waals surface area (Å²) in [6, 6.07) is 2.06. The molecule has 1 aliphatic rings. The number of hydrogen-bond acceptors (Lipinski definition) is 5. The minimum absolute atomic E-state index is 0.348. The van der Waals surface area contributed by atoms with Gasteiger partial charge in [0.1, 0.15) is 17.5 Å². The molecule has 1 aromatic heterocycles. The Morgan fingerprint density at radius 1 is 1.43 bits per heavy atom. The number of aromatic nitrogens is 2. The highest BCUT2D eigenvalue weighted by Gasteiger charge is 2.18. The van der Waals surface area contributed by atoms with E-state index in [1.807, 2.05) is 0 Å². The Bertz CT molecular complexity index is 356. The largest absolute Gasteiger partial charge is 0.383 e. The molecule has 14 heavy (non-hydrogen) atoms. The van der Waals surface area contributed by atoms with E-state index in [9.17, 15) is 0 Å². The van der Waals surface area contributed by atoms with Crippen LogP contribution >= 0.6 is 0 Å². The average Bonchev–Trinajstić information content (AvgIpc) is 2.61. The maximum Gasteiger partial charge on any atom is 0.170 e. The minimum atomic E-state index is 0.348. The summed E-state index contributed by atoms with van der Waals surface area (Å²) in [5.41, 5.74) is 6.03. The van der Waals surface area contributed by atoms with Crippen LogP contribution in [-0.4, -0.2) is 36.4 Å². The van der Waals surface area contributed by atoms with Crippen molar-refractivity contribution in [3.8, 4) is 6.07 Å². The summed E-state index contributed by atoms with van der Waals surface area (Å²) >= 11 is 0. The van der Waals surface area contributed by atoms with E-state index in [4.69, 9.17) is 11.0 Å². The third-order valence-corrected chi connectivity index (χ3v) is 2.30. The summed E-state index contributed by atoms with van der Waals surface area (Å²) in [6.45, 7) is 3.55. The molecule has 1 aromatic rings. The Kier molecular flexibility index (Phi) is 2.24. The Labute approximate surface area is 81.7 Å². The SMILES string of the molecule is N#Cc1c(N2CCNCC2)n[nH]c1N. The molecule has 2 heterocycles. The van der Waals surface area contributed by atoms with Crippen molar-refractivity contribution in [1.29, 1.82) is 5.26 Å². The van der Waals surface area contributed by atoms with Crippen LogP contribution in [0.4, 0.5) is 11.6 Å². The van der Waals surface area contributed by atoms with Gasteiger partial charge in [-0.1, -0.05) is 0 Å². The Morgan fingerprint density at radius 2 is 2.14 bits per heavy atom. The van der Waals surface area contributed by atoms with Crippen LogP contribution in [0.25, 0.3) is 0 Å². The van der Waals surface area contributed by atoms with E-state index >= 15 is 0 Å². The second kappa shape index (κ2) is 3.55. The van der Waals surface area contributed by atoms with Crippen molar-refractivity contribution >= 4 is 11.6 Å². The van der Waals surface area contributed by atoms with Crippen LogP contribution in [0, 0.1) is 11.3 Å². The van der Waals surface area contributed by atoms with E-state index in [0.29, 0.717) is 17.2 Å². The lowest BCUT2D eigenvalue weighted by molar-refractivity contribution is 0.584. The molecular formula is C8H12N6. The predicted molar refractivity (Wildman–Crippen MR) is 52.8 cm³/mol. The normalized spacial score (nSPS) is 16.6. The molecule has 0 bridgehead atoms. The molecule has 1 fully saturated rings. The Morgan fingerprint density at radius 3 is 2.79 bits per heavy atom. The second-order valence-corrected chi connectivity index (χ2v) is 3.18. The summed E-state index contributed by atoms with van der Waals surface area (Å²) < 4.78 is 0. The first-order valence-corrected chi connectivity index (χ1v) is 4.52. The number of hydrogen-bond donors (Lipinski definition) is 3. The van der Waals surface area contributed by atoms with Crippen molar-refractivity contribution in [1.82, 2.24) is 15.5 Å². The van der Waals surface area contributed by atoms with E-state index in [1.54, 1.807) is 0 Å². The standard InChI is InChI=1S/C8H12N6/c9-5-6-7(10)12-13-8(6)14-3-1-11-2-4-14/h11H,1-4H2,(H3,10,12,13). The first-order chi connectivity index (χ1) is 6.83. The summed E-state index contributed by atoms with van der Waals surface area (Å²) in [7, 11) is 0. The molecule has 0 saturated carbocycles. The van der Waals surface area contributed by atoms with Crippen LogP contribution < -0.4 is 16.0 Å². The molecule has 74 valence electrons. The van der Waals surface area contributed by atoms with E-state index < -0.39 is 0 Å². The monoisotopic (exact) mass is 192 g/mol. The topological polar surface area (TPSA) is 93.8 Å². The third kappa shape index (κ3) is 1.38. The molecule has 4 N–H and O–H groups in total. The van der Waals surface area contributed by atoms with Gasteiger partial charge in [0.25, 0.3) is 0 Å². The van der Waals surface area contributed by atoms with Crippen LogP contribution in [0.5, 0.6) is 0 Å². The van der Waals surface area contributed by atoms with Gasteiger partial charge < -0.3 is 16.0 Å². The lowest BCUT2D eigenvalue weighted by Gasteiger charge is -2.27. The number of nitrogens with two attached hydrogens (primary N) is 1. The summed E-state index contributed by atoms with van der Waals surface area (Å²) in [6.07, 6.45) is 0. The van der Waals surface area contributed by atoms with Crippen molar-refractivity contribution in [3.63, 3.8) is 0 Å². The maximum atomic E-state index is 8.89. The molecule has 1 saturated heterocycles. The number of aromatic amines is 1. The fourth-order valence-corrected chi connectivity index (χ4v) is 1.56. The predicted octanol–water partition coefficient (Wildman–Crippen LogP) is -0.727. The number of rotatable bonds is 1. The lowest BCUT2D eigenvalue weighted by atomic mass is 10.3. The van der Waals surface area contributed by atoms with E-state index in [1.165, 1.54) is 0 Å². The molecule has 0 spiro atoms. The number of nitrogens with one attached hydrogen (secondary N) is 2. The van der Waals surface area contributed by atoms with Crippen molar-refractivity contribution in [2.75, 3.05) is 36.8 Å². The van der Waals surface area contributed by atoms with Crippen LogP contribution in [0.15, 0.2) is 0 Å². The van der Waals surface area contributed by atoms with Gasteiger partial charge in [-0.15, -0.1) is 0 Å². The number of anilines is 2. The van der Waals surface area contributed by atoms with E-state index in [-0.39, 0.29) is 0 Å². The molecular weight excluding hydrogens is 180 g/mol. The number of nitrogens with zero attached hydrogens (tertiary/aromatic N) is 3. The van der Waals surface area contributed by atoms with Crippen molar-refractivity contribution in [2.24, 2.45) is 0 Å². The number of nitriles is 1. The third-order valence-electron chi connectivity index (χ3n) is 2.30. The van der Waals surface area contributed by atoms with Crippen molar-refractivity contribution in [3.05, 3.63) is 5.56 Å². The van der Waals surface area contributed by atoms with Gasteiger partial charge in [0.15, 0.2) is 5.82 Å². The number of H-pyrrole nitrogens is 1. The molecule has 6 nitrogen and oxygen atoms in total. The first-order valence-electron chi connectivity index (χ1n) is 4.52. The zero-order chi connectivity index (χ0) is 9.97. The molecule has 0 atom stereocenters. The van der Waals surface area contributed by atoms with Crippen LogP contribution in [0.1, 0.15) is 5.56 Å². The molecule has 0 radical (unpaired) electrons. The van der Waals surface area contributed by atoms with E-state index in [0.717, 1.165) is 26.2 Å². The van der Waals surface area contributed by atoms with Crippen LogP contribution in [0.2, 0.25) is 0 Å². The first kappa shape index (κ1) is 8.84. The quantitative estimate of drug-likeness (QED) is 0.545. The van der Waals surface area contributed by atoms with Gasteiger partial charge in [-0.2, -0.15) is 10.4 Å². The zero-order valence-electron chi connectivity index (χ0n) is 7.75. The molecule has 0 aromatic carbocycles. The number of piperazine rings is 1. The van der Waals surface area contributed by atoms with Crippen molar-refractivity contribution in [2.45, 2.75) is 0 Å². The zero-order valence-corrected chi connectivity index (χ0v) is 7.75. The Hall–Kier alpha value is -1.74. The highest BCUT2D eigenvalue weighted by Crippen LogP contribution is 2.21. The Balaban J connectivity index is 2.26. The fraction of sp³-hybridized carbons (Fsp3) is 0.500. The van der Waals surface area contributed by atoms with Gasteiger partial charge in [-0.25, -0.2) is 0 Å². The second-order valence-electron chi connectivity index (χ2n) is 3.18. The van der Waals surface area contributed by atoms with Gasteiger partial charge in [0, 0.05) is 26.2 Å². The van der Waals surface area contributed by atoms with Gasteiger partial charge in [0.2, 0.25) is 0 Å². The summed E-state index contributed by atoms with van der Waals surface area (Å²) in [5, 5.41) is 18.8. The fourth-order valence-electron chi connectivity index (χ4n) is 1.56. The molecule has 6 heteroatoms. The maximum absolute atomic E-state index is 8.89. The highest BCUT2D eigenvalue weighted by molar-refractivity contribution is 5.64. The molecule has 0 unspecified atom stereocenters. The molecule has 1 aliphatic heterocycles. The van der Waals surface area contributed by atoms with Crippen LogP contribution in [0.3, 0.4) is 0 Å². The van der Waals surface area contributed by atoms with Crippen molar-refractivity contribution < 1.29 is 0 Å².